The number of amides is 1. The first-order valence-corrected chi connectivity index (χ1v) is 3.69. The molecule has 0 atom stereocenters. The molecule has 10 heavy (non-hydrogen) atoms. The first kappa shape index (κ1) is 9.21. The van der Waals surface area contributed by atoms with Crippen LogP contribution in [0.15, 0.2) is 12.2 Å². The molecule has 0 aliphatic heterocycles. The summed E-state index contributed by atoms with van der Waals surface area (Å²) in [5.41, 5.74) is 0. The molecule has 0 rings (SSSR count). The minimum Gasteiger partial charge on any atom is -0.353 e. The topological polar surface area (TPSA) is 29.1 Å². The van der Waals surface area contributed by atoms with Crippen molar-refractivity contribution in [2.45, 2.75) is 26.7 Å². The van der Waals surface area contributed by atoms with Crippen molar-refractivity contribution in [1.82, 2.24) is 5.32 Å². The Bertz CT molecular complexity index is 118. The smallest absolute Gasteiger partial charge is 0.220 e. The molecule has 0 radical (unpaired) electrons. The van der Waals surface area contributed by atoms with E-state index in [2.05, 4.69) is 5.32 Å². The van der Waals surface area contributed by atoms with Crippen molar-refractivity contribution in [1.29, 1.82) is 0 Å². The molecule has 0 aromatic carbocycles. The van der Waals surface area contributed by atoms with Crippen LogP contribution in [0.2, 0.25) is 0 Å². The summed E-state index contributed by atoms with van der Waals surface area (Å²) in [5, 5.41) is 2.76. The molecule has 1 amide bonds. The summed E-state index contributed by atoms with van der Waals surface area (Å²) in [6.07, 6.45) is 5.40. The zero-order valence-electron chi connectivity index (χ0n) is 6.68. The third-order valence-corrected chi connectivity index (χ3v) is 1.13. The van der Waals surface area contributed by atoms with Crippen molar-refractivity contribution in [3.63, 3.8) is 0 Å². The highest BCUT2D eigenvalue weighted by molar-refractivity contribution is 5.75. The van der Waals surface area contributed by atoms with E-state index < -0.39 is 0 Å². The van der Waals surface area contributed by atoms with Gasteiger partial charge in [-0.2, -0.15) is 0 Å². The number of hydrogen-bond acceptors (Lipinski definition) is 1. The van der Waals surface area contributed by atoms with Crippen LogP contribution >= 0.6 is 0 Å². The van der Waals surface area contributed by atoms with E-state index in [9.17, 15) is 4.79 Å². The van der Waals surface area contributed by atoms with E-state index in [0.717, 1.165) is 6.42 Å². The lowest BCUT2D eigenvalue weighted by Crippen LogP contribution is -2.22. The molecule has 0 aliphatic rings. The quantitative estimate of drug-likeness (QED) is 0.590. The van der Waals surface area contributed by atoms with Gasteiger partial charge < -0.3 is 5.32 Å². The van der Waals surface area contributed by atoms with Crippen molar-refractivity contribution in [3.05, 3.63) is 12.2 Å². The summed E-state index contributed by atoms with van der Waals surface area (Å²) in [7, 11) is 0. The van der Waals surface area contributed by atoms with E-state index in [4.69, 9.17) is 0 Å². The molecular formula is C8H15NO. The fraction of sp³-hybridized carbons (Fsp3) is 0.625. The highest BCUT2D eigenvalue weighted by Gasteiger charge is 1.93. The van der Waals surface area contributed by atoms with Gasteiger partial charge in [0.2, 0.25) is 5.91 Å². The lowest BCUT2D eigenvalue weighted by Gasteiger charge is -1.97. The Morgan fingerprint density at radius 3 is 2.80 bits per heavy atom. The van der Waals surface area contributed by atoms with E-state index in [1.807, 2.05) is 26.0 Å². The highest BCUT2D eigenvalue weighted by Crippen LogP contribution is 1.84. The van der Waals surface area contributed by atoms with Crippen LogP contribution < -0.4 is 5.32 Å². The summed E-state index contributed by atoms with van der Waals surface area (Å²) < 4.78 is 0. The number of hydrogen-bond donors (Lipinski definition) is 1. The standard InChI is InChI=1S/C8H15NO/c1-3-5-7-9-8(10)6-4-2/h3,5H,4,6-7H2,1-2H3,(H,9,10)/b5-3+. The second-order valence-corrected chi connectivity index (χ2v) is 2.12. The van der Waals surface area contributed by atoms with Crippen molar-refractivity contribution < 1.29 is 4.79 Å². The van der Waals surface area contributed by atoms with Gasteiger partial charge in [-0.3, -0.25) is 4.79 Å². The third-order valence-electron chi connectivity index (χ3n) is 1.13. The van der Waals surface area contributed by atoms with Gasteiger partial charge in [0, 0.05) is 13.0 Å². The van der Waals surface area contributed by atoms with E-state index >= 15 is 0 Å². The van der Waals surface area contributed by atoms with Gasteiger partial charge in [0.15, 0.2) is 0 Å². The van der Waals surface area contributed by atoms with Gasteiger partial charge in [0.1, 0.15) is 0 Å². The normalized spacial score (nSPS) is 10.2. The molecule has 0 aromatic heterocycles. The molecule has 1 N–H and O–H groups in total. The van der Waals surface area contributed by atoms with Crippen LogP contribution in [0, 0.1) is 0 Å². The van der Waals surface area contributed by atoms with Gasteiger partial charge >= 0.3 is 0 Å². The van der Waals surface area contributed by atoms with Crippen molar-refractivity contribution in [2.75, 3.05) is 6.54 Å². The highest BCUT2D eigenvalue weighted by atomic mass is 16.1. The predicted molar refractivity (Wildman–Crippen MR) is 42.7 cm³/mol. The second-order valence-electron chi connectivity index (χ2n) is 2.12. The summed E-state index contributed by atoms with van der Waals surface area (Å²) in [5.74, 6) is 0.139. The Kier molecular flexibility index (Phi) is 5.83. The number of carbonyl (C=O) groups excluding carboxylic acids is 1. The molecule has 2 nitrogen and oxygen atoms in total. The van der Waals surface area contributed by atoms with Crippen molar-refractivity contribution in [2.24, 2.45) is 0 Å². The molecule has 0 bridgehead atoms. The van der Waals surface area contributed by atoms with Crippen molar-refractivity contribution >= 4 is 5.91 Å². The van der Waals surface area contributed by atoms with Gasteiger partial charge in [-0.25, -0.2) is 0 Å². The maximum Gasteiger partial charge on any atom is 0.220 e. The first-order valence-electron chi connectivity index (χ1n) is 3.69. The predicted octanol–water partition coefficient (Wildman–Crippen LogP) is 1.48. The Hall–Kier alpha value is -0.790. The summed E-state index contributed by atoms with van der Waals surface area (Å²) >= 11 is 0. The maximum absolute atomic E-state index is 10.8. The molecule has 0 unspecified atom stereocenters. The van der Waals surface area contributed by atoms with E-state index in [1.165, 1.54) is 0 Å². The Labute approximate surface area is 62.3 Å². The summed E-state index contributed by atoms with van der Waals surface area (Å²) in [6.45, 7) is 4.59. The molecular weight excluding hydrogens is 126 g/mol. The Balaban J connectivity index is 3.21. The number of nitrogens with one attached hydrogen (secondary N) is 1. The minimum absolute atomic E-state index is 0.139. The van der Waals surface area contributed by atoms with Gasteiger partial charge in [-0.1, -0.05) is 19.1 Å². The largest absolute Gasteiger partial charge is 0.353 e. The van der Waals surface area contributed by atoms with Gasteiger partial charge in [0.25, 0.3) is 0 Å². The average Bonchev–Trinajstić information content (AvgIpc) is 1.89. The third kappa shape index (κ3) is 5.35. The van der Waals surface area contributed by atoms with Gasteiger partial charge in [-0.05, 0) is 13.3 Å². The maximum atomic E-state index is 10.8. The Morgan fingerprint density at radius 1 is 1.60 bits per heavy atom. The second kappa shape index (κ2) is 6.33. The van der Waals surface area contributed by atoms with Crippen LogP contribution in [0.3, 0.4) is 0 Å². The van der Waals surface area contributed by atoms with Gasteiger partial charge in [-0.15, -0.1) is 0 Å². The molecule has 0 saturated heterocycles. The fourth-order valence-corrected chi connectivity index (χ4v) is 0.606. The molecule has 0 saturated carbocycles. The van der Waals surface area contributed by atoms with Gasteiger partial charge in [0.05, 0.1) is 0 Å². The molecule has 0 fully saturated rings. The molecule has 0 aromatic rings. The van der Waals surface area contributed by atoms with Crippen LogP contribution in [0.25, 0.3) is 0 Å². The molecule has 0 aliphatic carbocycles. The first-order chi connectivity index (χ1) is 4.81. The monoisotopic (exact) mass is 141 g/mol. The number of allylic oxidation sites excluding steroid dienone is 1. The lowest BCUT2D eigenvalue weighted by molar-refractivity contribution is -0.120. The zero-order chi connectivity index (χ0) is 7.82. The number of carbonyl (C=O) groups is 1. The average molecular weight is 141 g/mol. The summed E-state index contributed by atoms with van der Waals surface area (Å²) in [6, 6.07) is 0. The van der Waals surface area contributed by atoms with E-state index in [0.29, 0.717) is 13.0 Å². The lowest BCUT2D eigenvalue weighted by atomic mass is 10.3. The fourth-order valence-electron chi connectivity index (χ4n) is 0.606. The number of rotatable bonds is 4. The van der Waals surface area contributed by atoms with Crippen LogP contribution in [-0.2, 0) is 4.79 Å². The van der Waals surface area contributed by atoms with Crippen LogP contribution in [-0.4, -0.2) is 12.5 Å². The van der Waals surface area contributed by atoms with Crippen molar-refractivity contribution in [3.8, 4) is 0 Å². The Morgan fingerprint density at radius 2 is 2.30 bits per heavy atom. The molecule has 0 heterocycles. The van der Waals surface area contributed by atoms with Crippen LogP contribution in [0.5, 0.6) is 0 Å². The SMILES string of the molecule is C/C=C/CNC(=O)CCC. The summed E-state index contributed by atoms with van der Waals surface area (Å²) in [4.78, 5) is 10.8. The molecule has 58 valence electrons. The van der Waals surface area contributed by atoms with E-state index in [-0.39, 0.29) is 5.91 Å². The van der Waals surface area contributed by atoms with Crippen LogP contribution in [0.1, 0.15) is 26.7 Å². The van der Waals surface area contributed by atoms with E-state index in [1.54, 1.807) is 0 Å². The molecule has 0 spiro atoms. The molecule has 2 heteroatoms. The minimum atomic E-state index is 0.139. The zero-order valence-corrected chi connectivity index (χ0v) is 6.68. The van der Waals surface area contributed by atoms with Crippen LogP contribution in [0.4, 0.5) is 0 Å².